The first kappa shape index (κ1) is 18.0. The summed E-state index contributed by atoms with van der Waals surface area (Å²) in [6.07, 6.45) is 0.0365. The Morgan fingerprint density at radius 2 is 1.71 bits per heavy atom. The number of halogens is 1. The summed E-state index contributed by atoms with van der Waals surface area (Å²) in [4.78, 5) is 24.3. The number of rotatable bonds is 4. The molecular formula is C18H19BrN2O3. The first-order valence-corrected chi connectivity index (χ1v) is 8.30. The molecule has 0 saturated heterocycles. The Labute approximate surface area is 149 Å². The minimum atomic E-state index is -0.409. The second kappa shape index (κ2) is 7.97. The lowest BCUT2D eigenvalue weighted by atomic mass is 10.1. The molecule has 0 fully saturated rings. The normalized spacial score (nSPS) is 10.4. The van der Waals surface area contributed by atoms with Gasteiger partial charge in [-0.05, 0) is 66.5 Å². The molecule has 6 heteroatoms. The molecule has 2 aromatic carbocycles. The number of hydrazine groups is 1. The Bertz CT molecular complexity index is 760. The smallest absolute Gasteiger partial charge is 0.269 e. The molecule has 2 aromatic rings. The number of ether oxygens (including phenoxy) is 1. The summed E-state index contributed by atoms with van der Waals surface area (Å²) in [7, 11) is 0. The molecule has 0 bridgehead atoms. The summed E-state index contributed by atoms with van der Waals surface area (Å²) in [5, 5.41) is 0. The van der Waals surface area contributed by atoms with Crippen molar-refractivity contribution in [3.63, 3.8) is 0 Å². The fourth-order valence-corrected chi connectivity index (χ4v) is 2.54. The van der Waals surface area contributed by atoms with Crippen molar-refractivity contribution in [3.8, 4) is 5.75 Å². The highest BCUT2D eigenvalue weighted by molar-refractivity contribution is 9.10. The van der Waals surface area contributed by atoms with Crippen LogP contribution in [0.1, 0.15) is 40.1 Å². The maximum Gasteiger partial charge on any atom is 0.269 e. The van der Waals surface area contributed by atoms with Gasteiger partial charge in [-0.2, -0.15) is 0 Å². The van der Waals surface area contributed by atoms with Crippen LogP contribution in [0.4, 0.5) is 0 Å². The molecule has 2 amide bonds. The van der Waals surface area contributed by atoms with Crippen LogP contribution >= 0.6 is 15.9 Å². The Morgan fingerprint density at radius 3 is 2.33 bits per heavy atom. The second-order valence-corrected chi connectivity index (χ2v) is 6.39. The number of carbonyl (C=O) groups is 2. The predicted octanol–water partition coefficient (Wildman–Crippen LogP) is 3.62. The predicted molar refractivity (Wildman–Crippen MR) is 96.0 cm³/mol. The Balaban J connectivity index is 2.01. The molecule has 0 saturated carbocycles. The SMILES string of the molecule is Cc1ccccc1C(=O)NNC(=O)c1ccc(OC(C)C)c(Br)c1. The zero-order chi connectivity index (χ0) is 17.7. The van der Waals surface area contributed by atoms with Gasteiger partial charge in [-0.15, -0.1) is 0 Å². The van der Waals surface area contributed by atoms with Gasteiger partial charge in [0.25, 0.3) is 11.8 Å². The lowest BCUT2D eigenvalue weighted by Gasteiger charge is -2.13. The molecule has 5 nitrogen and oxygen atoms in total. The van der Waals surface area contributed by atoms with Crippen LogP contribution in [-0.2, 0) is 0 Å². The lowest BCUT2D eigenvalue weighted by molar-refractivity contribution is 0.0846. The van der Waals surface area contributed by atoms with E-state index < -0.39 is 5.91 Å². The Hall–Kier alpha value is -2.34. The molecule has 0 aromatic heterocycles. The van der Waals surface area contributed by atoms with Crippen LogP contribution in [0.3, 0.4) is 0 Å². The van der Waals surface area contributed by atoms with E-state index in [2.05, 4.69) is 26.8 Å². The molecule has 0 aliphatic carbocycles. The van der Waals surface area contributed by atoms with Crippen LogP contribution in [0.15, 0.2) is 46.9 Å². The van der Waals surface area contributed by atoms with Crippen molar-refractivity contribution in [1.29, 1.82) is 0 Å². The minimum absolute atomic E-state index is 0.0365. The molecule has 0 atom stereocenters. The van der Waals surface area contributed by atoms with Crippen molar-refractivity contribution >= 4 is 27.7 Å². The van der Waals surface area contributed by atoms with Gasteiger partial charge in [-0.1, -0.05) is 18.2 Å². The number of aryl methyl sites for hydroxylation is 1. The van der Waals surface area contributed by atoms with E-state index in [1.807, 2.05) is 32.9 Å². The molecule has 0 aliphatic rings. The molecule has 2 N–H and O–H groups in total. The van der Waals surface area contributed by atoms with Gasteiger partial charge in [0, 0.05) is 11.1 Å². The van der Waals surface area contributed by atoms with E-state index in [-0.39, 0.29) is 12.0 Å². The summed E-state index contributed by atoms with van der Waals surface area (Å²) in [5.41, 5.74) is 6.59. The number of hydrogen-bond donors (Lipinski definition) is 2. The largest absolute Gasteiger partial charge is 0.490 e. The van der Waals surface area contributed by atoms with Crippen molar-refractivity contribution < 1.29 is 14.3 Å². The Kier molecular flexibility index (Phi) is 5.98. The molecule has 0 heterocycles. The standard InChI is InChI=1S/C18H19BrN2O3/c1-11(2)24-16-9-8-13(10-15(16)19)17(22)20-21-18(23)14-7-5-4-6-12(14)3/h4-11H,1-3H3,(H,20,22)(H,21,23). The van der Waals surface area contributed by atoms with E-state index in [9.17, 15) is 9.59 Å². The van der Waals surface area contributed by atoms with Crippen LogP contribution in [0.5, 0.6) is 5.75 Å². The van der Waals surface area contributed by atoms with E-state index in [0.29, 0.717) is 21.3 Å². The van der Waals surface area contributed by atoms with Crippen LogP contribution in [0.25, 0.3) is 0 Å². The van der Waals surface area contributed by atoms with Gasteiger partial charge in [0.05, 0.1) is 10.6 Å². The van der Waals surface area contributed by atoms with Gasteiger partial charge in [0.2, 0.25) is 0 Å². The summed E-state index contributed by atoms with van der Waals surface area (Å²) in [5.74, 6) is -0.112. The first-order chi connectivity index (χ1) is 11.4. The molecule has 0 aliphatic heterocycles. The summed E-state index contributed by atoms with van der Waals surface area (Å²) < 4.78 is 6.28. The fourth-order valence-electron chi connectivity index (χ4n) is 2.07. The van der Waals surface area contributed by atoms with Gasteiger partial charge in [-0.25, -0.2) is 0 Å². The van der Waals surface area contributed by atoms with E-state index in [4.69, 9.17) is 4.74 Å². The highest BCUT2D eigenvalue weighted by Crippen LogP contribution is 2.26. The number of amides is 2. The maximum atomic E-state index is 12.2. The van der Waals surface area contributed by atoms with Gasteiger partial charge in [0.15, 0.2) is 0 Å². The van der Waals surface area contributed by atoms with Crippen LogP contribution in [-0.4, -0.2) is 17.9 Å². The number of nitrogens with one attached hydrogen (secondary N) is 2. The fraction of sp³-hybridized carbons (Fsp3) is 0.222. The van der Waals surface area contributed by atoms with E-state index in [1.165, 1.54) is 0 Å². The summed E-state index contributed by atoms with van der Waals surface area (Å²) in [6.45, 7) is 5.68. The van der Waals surface area contributed by atoms with Crippen molar-refractivity contribution in [1.82, 2.24) is 10.9 Å². The van der Waals surface area contributed by atoms with Gasteiger partial charge < -0.3 is 4.74 Å². The third kappa shape index (κ3) is 4.58. The number of hydrogen-bond acceptors (Lipinski definition) is 3. The van der Waals surface area contributed by atoms with Crippen molar-refractivity contribution in [2.75, 3.05) is 0 Å². The number of carbonyl (C=O) groups excluding carboxylic acids is 2. The van der Waals surface area contributed by atoms with Crippen LogP contribution < -0.4 is 15.6 Å². The maximum absolute atomic E-state index is 12.2. The topological polar surface area (TPSA) is 67.4 Å². The van der Waals surface area contributed by atoms with Crippen molar-refractivity contribution in [2.45, 2.75) is 26.9 Å². The lowest BCUT2D eigenvalue weighted by Crippen LogP contribution is -2.41. The molecule has 0 spiro atoms. The molecule has 0 radical (unpaired) electrons. The highest BCUT2D eigenvalue weighted by atomic mass is 79.9. The third-order valence-electron chi connectivity index (χ3n) is 3.24. The average Bonchev–Trinajstić information content (AvgIpc) is 2.54. The van der Waals surface area contributed by atoms with Gasteiger partial charge >= 0.3 is 0 Å². The van der Waals surface area contributed by atoms with Crippen molar-refractivity contribution in [2.24, 2.45) is 0 Å². The third-order valence-corrected chi connectivity index (χ3v) is 3.86. The highest BCUT2D eigenvalue weighted by Gasteiger charge is 2.12. The molecule has 2 rings (SSSR count). The summed E-state index contributed by atoms with van der Waals surface area (Å²) in [6, 6.07) is 12.1. The van der Waals surface area contributed by atoms with E-state index >= 15 is 0 Å². The quantitative estimate of drug-likeness (QED) is 0.783. The Morgan fingerprint density at radius 1 is 1.04 bits per heavy atom. The molecule has 126 valence electrons. The monoisotopic (exact) mass is 390 g/mol. The first-order valence-electron chi connectivity index (χ1n) is 7.51. The molecule has 24 heavy (non-hydrogen) atoms. The second-order valence-electron chi connectivity index (χ2n) is 5.53. The number of benzene rings is 2. The van der Waals surface area contributed by atoms with Crippen LogP contribution in [0, 0.1) is 6.92 Å². The van der Waals surface area contributed by atoms with Gasteiger partial charge in [-0.3, -0.25) is 20.4 Å². The summed E-state index contributed by atoms with van der Waals surface area (Å²) >= 11 is 3.38. The van der Waals surface area contributed by atoms with E-state index in [1.54, 1.807) is 30.3 Å². The van der Waals surface area contributed by atoms with Crippen LogP contribution in [0.2, 0.25) is 0 Å². The zero-order valence-corrected chi connectivity index (χ0v) is 15.3. The zero-order valence-electron chi connectivity index (χ0n) is 13.7. The molecular weight excluding hydrogens is 372 g/mol. The van der Waals surface area contributed by atoms with Gasteiger partial charge in [0.1, 0.15) is 5.75 Å². The average molecular weight is 391 g/mol. The minimum Gasteiger partial charge on any atom is -0.490 e. The van der Waals surface area contributed by atoms with Crippen molar-refractivity contribution in [3.05, 3.63) is 63.6 Å². The molecule has 0 unspecified atom stereocenters. The van der Waals surface area contributed by atoms with E-state index in [0.717, 1.165) is 5.56 Å².